The van der Waals surface area contributed by atoms with E-state index in [-0.39, 0.29) is 0 Å². The highest BCUT2D eigenvalue weighted by Crippen LogP contribution is 2.21. The summed E-state index contributed by atoms with van der Waals surface area (Å²) >= 11 is 3.31. The predicted octanol–water partition coefficient (Wildman–Crippen LogP) is 2.07. The van der Waals surface area contributed by atoms with Crippen molar-refractivity contribution in [3.05, 3.63) is 28.7 Å². The molecule has 1 aromatic rings. The lowest BCUT2D eigenvalue weighted by Crippen LogP contribution is -2.39. The molecule has 19 heavy (non-hydrogen) atoms. The van der Waals surface area contributed by atoms with Gasteiger partial charge >= 0.3 is 0 Å². The minimum atomic E-state index is -3.39. The monoisotopic (exact) mass is 346 g/mol. The van der Waals surface area contributed by atoms with Gasteiger partial charge in [0.2, 0.25) is 10.0 Å². The largest absolute Gasteiger partial charge is 0.316 e. The Balaban J connectivity index is 2.10. The van der Waals surface area contributed by atoms with E-state index in [1.54, 1.807) is 25.2 Å². The maximum atomic E-state index is 12.4. The third-order valence-electron chi connectivity index (χ3n) is 3.42. The second-order valence-electron chi connectivity index (χ2n) is 4.96. The Morgan fingerprint density at radius 3 is 2.89 bits per heavy atom. The highest BCUT2D eigenvalue weighted by molar-refractivity contribution is 9.10. The van der Waals surface area contributed by atoms with Gasteiger partial charge in [0.25, 0.3) is 0 Å². The van der Waals surface area contributed by atoms with Gasteiger partial charge in [0.15, 0.2) is 0 Å². The van der Waals surface area contributed by atoms with Crippen molar-refractivity contribution >= 4 is 26.0 Å². The van der Waals surface area contributed by atoms with Crippen molar-refractivity contribution in [3.63, 3.8) is 0 Å². The first-order valence-corrected chi connectivity index (χ1v) is 8.66. The van der Waals surface area contributed by atoms with Crippen LogP contribution in [0, 0.1) is 5.92 Å². The molecule has 106 valence electrons. The number of nitrogens with zero attached hydrogens (tertiary/aromatic N) is 1. The average molecular weight is 347 g/mol. The molecule has 2 rings (SSSR count). The highest BCUT2D eigenvalue weighted by atomic mass is 79.9. The van der Waals surface area contributed by atoms with E-state index in [2.05, 4.69) is 21.2 Å². The van der Waals surface area contributed by atoms with E-state index in [4.69, 9.17) is 0 Å². The molecule has 0 saturated carbocycles. The van der Waals surface area contributed by atoms with E-state index in [0.717, 1.165) is 30.4 Å². The normalized spacial score (nSPS) is 20.7. The molecular formula is C13H19BrN2O2S. The molecule has 1 unspecified atom stereocenters. The van der Waals surface area contributed by atoms with Crippen LogP contribution in [0.15, 0.2) is 33.6 Å². The molecule has 6 heteroatoms. The molecule has 1 saturated heterocycles. The van der Waals surface area contributed by atoms with Crippen molar-refractivity contribution in [2.45, 2.75) is 17.7 Å². The van der Waals surface area contributed by atoms with Crippen LogP contribution in [0.3, 0.4) is 0 Å². The van der Waals surface area contributed by atoms with Crippen molar-refractivity contribution in [2.24, 2.45) is 5.92 Å². The van der Waals surface area contributed by atoms with Gasteiger partial charge in [0.1, 0.15) is 0 Å². The molecule has 1 aliphatic heterocycles. The summed E-state index contributed by atoms with van der Waals surface area (Å²) < 4.78 is 27.1. The zero-order chi connectivity index (χ0) is 13.9. The number of nitrogens with one attached hydrogen (secondary N) is 1. The average Bonchev–Trinajstić information content (AvgIpc) is 2.40. The molecule has 1 N–H and O–H groups in total. The molecule has 0 amide bonds. The third-order valence-corrected chi connectivity index (χ3v) is 5.73. The first-order chi connectivity index (χ1) is 9.00. The molecule has 0 aromatic heterocycles. The van der Waals surface area contributed by atoms with Gasteiger partial charge in [0.05, 0.1) is 4.90 Å². The van der Waals surface area contributed by atoms with Crippen LogP contribution in [0.1, 0.15) is 12.8 Å². The van der Waals surface area contributed by atoms with Crippen LogP contribution in [0.4, 0.5) is 0 Å². The molecule has 0 spiro atoms. The highest BCUT2D eigenvalue weighted by Gasteiger charge is 2.24. The lowest BCUT2D eigenvalue weighted by Gasteiger charge is -2.27. The summed E-state index contributed by atoms with van der Waals surface area (Å²) in [6, 6.07) is 6.84. The van der Waals surface area contributed by atoms with Crippen LogP contribution in [-0.2, 0) is 10.0 Å². The van der Waals surface area contributed by atoms with Gasteiger partial charge in [-0.25, -0.2) is 12.7 Å². The maximum Gasteiger partial charge on any atom is 0.242 e. The Labute approximate surface area is 123 Å². The first-order valence-electron chi connectivity index (χ1n) is 6.43. The van der Waals surface area contributed by atoms with Gasteiger partial charge in [0, 0.05) is 18.1 Å². The Bertz CT molecular complexity index is 527. The van der Waals surface area contributed by atoms with E-state index in [1.165, 1.54) is 4.31 Å². The summed E-state index contributed by atoms with van der Waals surface area (Å²) in [5.74, 6) is 0.403. The summed E-state index contributed by atoms with van der Waals surface area (Å²) in [6.45, 7) is 2.51. The number of halogens is 1. The summed E-state index contributed by atoms with van der Waals surface area (Å²) in [5, 5.41) is 3.31. The number of hydrogen-bond donors (Lipinski definition) is 1. The smallest absolute Gasteiger partial charge is 0.242 e. The molecule has 0 radical (unpaired) electrons. The van der Waals surface area contributed by atoms with Crippen LogP contribution < -0.4 is 5.32 Å². The molecule has 0 aliphatic carbocycles. The van der Waals surface area contributed by atoms with E-state index >= 15 is 0 Å². The summed E-state index contributed by atoms with van der Waals surface area (Å²) in [7, 11) is -1.73. The minimum Gasteiger partial charge on any atom is -0.316 e. The van der Waals surface area contributed by atoms with E-state index in [1.807, 2.05) is 6.07 Å². The SMILES string of the molecule is CN(CC1CCCNC1)S(=O)(=O)c1cccc(Br)c1. The predicted molar refractivity (Wildman–Crippen MR) is 79.6 cm³/mol. The van der Waals surface area contributed by atoms with Crippen molar-refractivity contribution < 1.29 is 8.42 Å². The standard InChI is InChI=1S/C13H19BrN2O2S/c1-16(10-11-4-3-7-15-9-11)19(17,18)13-6-2-5-12(14)8-13/h2,5-6,8,11,15H,3-4,7,9-10H2,1H3. The Morgan fingerprint density at radius 2 is 2.26 bits per heavy atom. The molecule has 1 heterocycles. The van der Waals surface area contributed by atoms with Crippen LogP contribution in [0.2, 0.25) is 0 Å². The topological polar surface area (TPSA) is 49.4 Å². The van der Waals surface area contributed by atoms with E-state index < -0.39 is 10.0 Å². The van der Waals surface area contributed by atoms with Crippen molar-refractivity contribution in [1.82, 2.24) is 9.62 Å². The Morgan fingerprint density at radius 1 is 1.47 bits per heavy atom. The van der Waals surface area contributed by atoms with E-state index in [0.29, 0.717) is 17.4 Å². The Hall–Kier alpha value is -0.430. The molecule has 1 aromatic carbocycles. The van der Waals surface area contributed by atoms with Gasteiger partial charge < -0.3 is 5.32 Å². The number of piperidine rings is 1. The zero-order valence-electron chi connectivity index (χ0n) is 11.0. The number of hydrogen-bond acceptors (Lipinski definition) is 3. The second-order valence-corrected chi connectivity index (χ2v) is 7.92. The number of sulfonamides is 1. The van der Waals surface area contributed by atoms with Gasteiger partial charge in [-0.3, -0.25) is 0 Å². The Kier molecular flexibility index (Phi) is 5.00. The van der Waals surface area contributed by atoms with Crippen LogP contribution in [0.5, 0.6) is 0 Å². The van der Waals surface area contributed by atoms with Gasteiger partial charge in [-0.15, -0.1) is 0 Å². The van der Waals surface area contributed by atoms with Gasteiger partial charge in [-0.1, -0.05) is 22.0 Å². The molecule has 1 aliphatic rings. The summed E-state index contributed by atoms with van der Waals surface area (Å²) in [6.07, 6.45) is 2.21. The first kappa shape index (κ1) is 15.0. The lowest BCUT2D eigenvalue weighted by molar-refractivity contribution is 0.315. The van der Waals surface area contributed by atoms with Crippen molar-refractivity contribution in [2.75, 3.05) is 26.7 Å². The molecule has 1 atom stereocenters. The van der Waals surface area contributed by atoms with Crippen molar-refractivity contribution in [3.8, 4) is 0 Å². The summed E-state index contributed by atoms with van der Waals surface area (Å²) in [4.78, 5) is 0.341. The second kappa shape index (κ2) is 6.35. The van der Waals surface area contributed by atoms with Gasteiger partial charge in [-0.2, -0.15) is 0 Å². The minimum absolute atomic E-state index is 0.341. The van der Waals surface area contributed by atoms with Gasteiger partial charge in [-0.05, 0) is 50.0 Å². The van der Waals surface area contributed by atoms with Crippen LogP contribution in [-0.4, -0.2) is 39.4 Å². The number of benzene rings is 1. The summed E-state index contributed by atoms with van der Waals surface area (Å²) in [5.41, 5.74) is 0. The fourth-order valence-electron chi connectivity index (χ4n) is 2.35. The number of rotatable bonds is 4. The molecular weight excluding hydrogens is 328 g/mol. The molecule has 4 nitrogen and oxygen atoms in total. The fraction of sp³-hybridized carbons (Fsp3) is 0.538. The fourth-order valence-corrected chi connectivity index (χ4v) is 4.19. The lowest BCUT2D eigenvalue weighted by atomic mass is 10.00. The maximum absolute atomic E-state index is 12.4. The zero-order valence-corrected chi connectivity index (χ0v) is 13.4. The van der Waals surface area contributed by atoms with E-state index in [9.17, 15) is 8.42 Å². The van der Waals surface area contributed by atoms with Crippen molar-refractivity contribution in [1.29, 1.82) is 0 Å². The molecule has 0 bridgehead atoms. The third kappa shape index (κ3) is 3.78. The van der Waals surface area contributed by atoms with Crippen LogP contribution >= 0.6 is 15.9 Å². The van der Waals surface area contributed by atoms with Crippen LogP contribution in [0.25, 0.3) is 0 Å². The molecule has 1 fully saturated rings. The quantitative estimate of drug-likeness (QED) is 0.907.